The van der Waals surface area contributed by atoms with Gasteiger partial charge >= 0.3 is 0 Å². The molecule has 2 atom stereocenters. The SMILES string of the molecule is CCCCCCCNC1CCC(CCC)c2ccc1cc2. The maximum atomic E-state index is 3.81. The third-order valence-electron chi connectivity index (χ3n) is 4.92. The van der Waals surface area contributed by atoms with E-state index in [1.807, 2.05) is 0 Å². The highest BCUT2D eigenvalue weighted by Crippen LogP contribution is 2.34. The summed E-state index contributed by atoms with van der Waals surface area (Å²) in [5, 5.41) is 3.81. The number of hydrogen-bond acceptors (Lipinski definition) is 1. The van der Waals surface area contributed by atoms with Crippen molar-refractivity contribution in [1.82, 2.24) is 5.32 Å². The maximum absolute atomic E-state index is 3.81. The lowest BCUT2D eigenvalue weighted by molar-refractivity contribution is 0.430. The predicted molar refractivity (Wildman–Crippen MR) is 92.8 cm³/mol. The molecule has 1 aromatic rings. The first kappa shape index (κ1) is 16.5. The van der Waals surface area contributed by atoms with Crippen LogP contribution in [0.5, 0.6) is 0 Å². The van der Waals surface area contributed by atoms with Crippen LogP contribution in [0.15, 0.2) is 24.3 Å². The van der Waals surface area contributed by atoms with Gasteiger partial charge in [-0.1, -0.05) is 70.2 Å². The van der Waals surface area contributed by atoms with E-state index in [2.05, 4.69) is 43.4 Å². The van der Waals surface area contributed by atoms with Crippen LogP contribution in [0.3, 0.4) is 0 Å². The first-order valence-corrected chi connectivity index (χ1v) is 9.18. The molecule has 2 unspecified atom stereocenters. The Morgan fingerprint density at radius 1 is 0.857 bits per heavy atom. The van der Waals surface area contributed by atoms with Crippen molar-refractivity contribution in [3.8, 4) is 0 Å². The van der Waals surface area contributed by atoms with Gasteiger partial charge in [0.25, 0.3) is 0 Å². The Hall–Kier alpha value is -0.820. The molecule has 0 fully saturated rings. The lowest BCUT2D eigenvalue weighted by atomic mass is 9.84. The fourth-order valence-electron chi connectivity index (χ4n) is 3.59. The van der Waals surface area contributed by atoms with Crippen molar-refractivity contribution in [3.63, 3.8) is 0 Å². The van der Waals surface area contributed by atoms with Crippen molar-refractivity contribution in [2.45, 2.75) is 83.6 Å². The summed E-state index contributed by atoms with van der Waals surface area (Å²) in [7, 11) is 0. The van der Waals surface area contributed by atoms with Gasteiger partial charge in [0.1, 0.15) is 0 Å². The Labute approximate surface area is 131 Å². The maximum Gasteiger partial charge on any atom is 0.0320 e. The number of fused-ring (bicyclic) bond motifs is 5. The van der Waals surface area contributed by atoms with Gasteiger partial charge in [-0.15, -0.1) is 0 Å². The van der Waals surface area contributed by atoms with Crippen molar-refractivity contribution in [3.05, 3.63) is 35.4 Å². The summed E-state index contributed by atoms with van der Waals surface area (Å²) in [5.41, 5.74) is 3.04. The molecule has 0 radical (unpaired) electrons. The summed E-state index contributed by atoms with van der Waals surface area (Å²) >= 11 is 0. The minimum Gasteiger partial charge on any atom is -0.310 e. The van der Waals surface area contributed by atoms with Crippen molar-refractivity contribution in [2.75, 3.05) is 6.54 Å². The van der Waals surface area contributed by atoms with Crippen molar-refractivity contribution >= 4 is 0 Å². The summed E-state index contributed by atoms with van der Waals surface area (Å²) in [6.07, 6.45) is 12.1. The molecule has 0 aliphatic heterocycles. The highest BCUT2D eigenvalue weighted by molar-refractivity contribution is 5.29. The molecule has 1 heteroatoms. The van der Waals surface area contributed by atoms with E-state index < -0.39 is 0 Å². The summed E-state index contributed by atoms with van der Waals surface area (Å²) in [4.78, 5) is 0. The van der Waals surface area contributed by atoms with Gasteiger partial charge in [-0.25, -0.2) is 0 Å². The van der Waals surface area contributed by atoms with Crippen LogP contribution < -0.4 is 5.32 Å². The second-order valence-corrected chi connectivity index (χ2v) is 6.65. The summed E-state index contributed by atoms with van der Waals surface area (Å²) < 4.78 is 0. The van der Waals surface area contributed by atoms with E-state index in [9.17, 15) is 0 Å². The zero-order valence-electron chi connectivity index (χ0n) is 14.0. The van der Waals surface area contributed by atoms with Gasteiger partial charge in [-0.2, -0.15) is 0 Å². The van der Waals surface area contributed by atoms with Crippen LogP contribution >= 0.6 is 0 Å². The number of unbranched alkanes of at least 4 members (excludes halogenated alkanes) is 4. The molecule has 1 aromatic carbocycles. The molecule has 2 aliphatic carbocycles. The van der Waals surface area contributed by atoms with Crippen molar-refractivity contribution in [1.29, 1.82) is 0 Å². The summed E-state index contributed by atoms with van der Waals surface area (Å²) in [5.74, 6) is 0.776. The Morgan fingerprint density at radius 3 is 2.29 bits per heavy atom. The van der Waals surface area contributed by atoms with Crippen LogP contribution in [0.4, 0.5) is 0 Å². The second kappa shape index (κ2) is 9.25. The van der Waals surface area contributed by atoms with Gasteiger partial charge in [-0.05, 0) is 49.3 Å². The first-order chi connectivity index (χ1) is 10.3. The quantitative estimate of drug-likeness (QED) is 0.552. The van der Waals surface area contributed by atoms with Crippen molar-refractivity contribution < 1.29 is 0 Å². The van der Waals surface area contributed by atoms with Crippen molar-refractivity contribution in [2.24, 2.45) is 0 Å². The number of benzene rings is 1. The molecule has 0 saturated carbocycles. The first-order valence-electron chi connectivity index (χ1n) is 9.18. The van der Waals surface area contributed by atoms with Crippen LogP contribution in [0.1, 0.15) is 94.7 Å². The van der Waals surface area contributed by atoms with Crippen LogP contribution in [0.25, 0.3) is 0 Å². The molecular weight excluding hydrogens is 254 g/mol. The molecule has 2 aliphatic rings. The molecule has 0 spiro atoms. The Kier molecular flexibility index (Phi) is 7.29. The van der Waals surface area contributed by atoms with Crippen LogP contribution in [0.2, 0.25) is 0 Å². The van der Waals surface area contributed by atoms with Gasteiger partial charge in [0.15, 0.2) is 0 Å². The molecule has 0 amide bonds. The lowest BCUT2D eigenvalue weighted by Gasteiger charge is -2.27. The molecule has 1 nitrogen and oxygen atoms in total. The third-order valence-corrected chi connectivity index (χ3v) is 4.92. The second-order valence-electron chi connectivity index (χ2n) is 6.65. The van der Waals surface area contributed by atoms with E-state index in [1.165, 1.54) is 69.9 Å². The fourth-order valence-corrected chi connectivity index (χ4v) is 3.59. The van der Waals surface area contributed by atoms with Crippen LogP contribution in [-0.4, -0.2) is 6.54 Å². The fraction of sp³-hybridized carbons (Fsp3) is 0.700. The van der Waals surface area contributed by atoms with E-state index in [1.54, 1.807) is 5.56 Å². The molecule has 1 N–H and O–H groups in total. The van der Waals surface area contributed by atoms with Gasteiger partial charge in [0.2, 0.25) is 0 Å². The lowest BCUT2D eigenvalue weighted by Crippen LogP contribution is -2.24. The third kappa shape index (κ3) is 5.14. The number of nitrogens with one attached hydrogen (secondary N) is 1. The van der Waals surface area contributed by atoms with Gasteiger partial charge < -0.3 is 5.32 Å². The Balaban J connectivity index is 1.82. The zero-order valence-corrected chi connectivity index (χ0v) is 14.0. The smallest absolute Gasteiger partial charge is 0.0320 e. The molecule has 21 heavy (non-hydrogen) atoms. The average molecular weight is 287 g/mol. The number of hydrogen-bond donors (Lipinski definition) is 1. The standard InChI is InChI=1S/C20H33N/c1-3-5-6-7-8-16-21-20-15-14-17(9-4-2)18-10-12-19(20)13-11-18/h10-13,17,20-21H,3-9,14-16H2,1-2H3. The zero-order chi connectivity index (χ0) is 14.9. The van der Waals surface area contributed by atoms with Gasteiger partial charge in [0.05, 0.1) is 0 Å². The molecule has 2 bridgehead atoms. The largest absolute Gasteiger partial charge is 0.310 e. The predicted octanol–water partition coefficient (Wildman–Crippen LogP) is 5.97. The minimum absolute atomic E-state index is 0.574. The Bertz CT molecular complexity index is 381. The molecular formula is C20H33N. The summed E-state index contributed by atoms with van der Waals surface area (Å²) in [6, 6.07) is 10.0. The Morgan fingerprint density at radius 2 is 1.57 bits per heavy atom. The van der Waals surface area contributed by atoms with Crippen LogP contribution in [-0.2, 0) is 0 Å². The van der Waals surface area contributed by atoms with E-state index >= 15 is 0 Å². The van der Waals surface area contributed by atoms with Gasteiger partial charge in [-0.3, -0.25) is 0 Å². The molecule has 0 heterocycles. The molecule has 0 aromatic heterocycles. The molecule has 3 rings (SSSR count). The van der Waals surface area contributed by atoms with Crippen LogP contribution in [0, 0.1) is 0 Å². The topological polar surface area (TPSA) is 12.0 Å². The monoisotopic (exact) mass is 287 g/mol. The number of rotatable bonds is 9. The minimum atomic E-state index is 0.574. The van der Waals surface area contributed by atoms with Gasteiger partial charge in [0, 0.05) is 6.04 Å². The summed E-state index contributed by atoms with van der Waals surface area (Å²) in [6.45, 7) is 5.76. The van der Waals surface area contributed by atoms with E-state index in [4.69, 9.17) is 0 Å². The molecule has 118 valence electrons. The average Bonchev–Trinajstić information content (AvgIpc) is 2.50. The highest BCUT2D eigenvalue weighted by Gasteiger charge is 2.19. The highest BCUT2D eigenvalue weighted by atomic mass is 14.9. The van der Waals surface area contributed by atoms with E-state index in [0.717, 1.165) is 5.92 Å². The van der Waals surface area contributed by atoms with E-state index in [0.29, 0.717) is 6.04 Å². The molecule has 0 saturated heterocycles. The van der Waals surface area contributed by atoms with E-state index in [-0.39, 0.29) is 0 Å². The normalized spacial score (nSPS) is 21.2.